The fourth-order valence-corrected chi connectivity index (χ4v) is 2.30. The zero-order valence-electron chi connectivity index (χ0n) is 11.0. The smallest absolute Gasteiger partial charge is 0.271 e. The highest BCUT2D eigenvalue weighted by Crippen LogP contribution is 2.23. The van der Waals surface area contributed by atoms with Gasteiger partial charge in [0, 0.05) is 19.7 Å². The molecule has 0 bridgehead atoms. The van der Waals surface area contributed by atoms with Gasteiger partial charge in [-0.15, -0.1) is 0 Å². The van der Waals surface area contributed by atoms with Crippen molar-refractivity contribution in [3.63, 3.8) is 0 Å². The number of carbonyl (C=O) groups is 1. The van der Waals surface area contributed by atoms with Crippen molar-refractivity contribution < 1.29 is 9.90 Å². The highest BCUT2D eigenvalue weighted by atomic mass is 16.3. The van der Waals surface area contributed by atoms with Crippen LogP contribution in [0.4, 0.5) is 0 Å². The molecule has 0 unspecified atom stereocenters. The van der Waals surface area contributed by atoms with Crippen molar-refractivity contribution in [1.82, 2.24) is 15.1 Å². The maximum Gasteiger partial charge on any atom is 0.271 e. The number of nitrogens with zero attached hydrogens (tertiary/aromatic N) is 2. The van der Waals surface area contributed by atoms with Crippen molar-refractivity contribution in [2.75, 3.05) is 6.54 Å². The molecule has 2 rings (SSSR count). The first-order chi connectivity index (χ1) is 9.06. The summed E-state index contributed by atoms with van der Waals surface area (Å²) in [6.07, 6.45) is 3.29. The number of rotatable bonds is 3. The molecule has 0 spiro atoms. The molecule has 0 atom stereocenters. The maximum atomic E-state index is 11.9. The van der Waals surface area contributed by atoms with E-state index < -0.39 is 0 Å². The van der Waals surface area contributed by atoms with Crippen molar-refractivity contribution in [3.05, 3.63) is 28.2 Å². The summed E-state index contributed by atoms with van der Waals surface area (Å²) in [7, 11) is 1.52. The summed E-state index contributed by atoms with van der Waals surface area (Å²) in [6, 6.07) is 2.77. The third-order valence-corrected chi connectivity index (χ3v) is 3.56. The molecule has 19 heavy (non-hydrogen) atoms. The Hall–Kier alpha value is -1.69. The maximum absolute atomic E-state index is 11.9. The average Bonchev–Trinajstić information content (AvgIpc) is 2.41. The Kier molecular flexibility index (Phi) is 4.31. The normalized spacial score (nSPS) is 23.1. The van der Waals surface area contributed by atoms with Crippen LogP contribution >= 0.6 is 0 Å². The minimum Gasteiger partial charge on any atom is -0.393 e. The van der Waals surface area contributed by atoms with E-state index in [2.05, 4.69) is 10.4 Å². The van der Waals surface area contributed by atoms with Crippen molar-refractivity contribution >= 4 is 5.91 Å². The second kappa shape index (κ2) is 5.97. The number of aliphatic hydroxyl groups is 1. The van der Waals surface area contributed by atoms with Gasteiger partial charge in [0.25, 0.3) is 11.5 Å². The number of aryl methyl sites for hydroxylation is 1. The van der Waals surface area contributed by atoms with Crippen LogP contribution in [0.1, 0.15) is 36.2 Å². The Morgan fingerprint density at radius 3 is 2.74 bits per heavy atom. The van der Waals surface area contributed by atoms with Crippen LogP contribution in [-0.4, -0.2) is 33.4 Å². The van der Waals surface area contributed by atoms with Gasteiger partial charge in [-0.3, -0.25) is 9.59 Å². The number of amides is 1. The zero-order valence-corrected chi connectivity index (χ0v) is 11.0. The van der Waals surface area contributed by atoms with Gasteiger partial charge in [0.1, 0.15) is 5.69 Å². The van der Waals surface area contributed by atoms with Gasteiger partial charge in [-0.05, 0) is 37.7 Å². The van der Waals surface area contributed by atoms with Gasteiger partial charge in [0.05, 0.1) is 6.10 Å². The third kappa shape index (κ3) is 3.64. The van der Waals surface area contributed by atoms with E-state index in [1.165, 1.54) is 19.2 Å². The first-order valence-electron chi connectivity index (χ1n) is 6.57. The quantitative estimate of drug-likeness (QED) is 0.809. The Morgan fingerprint density at radius 2 is 2.11 bits per heavy atom. The van der Waals surface area contributed by atoms with Gasteiger partial charge < -0.3 is 10.4 Å². The van der Waals surface area contributed by atoms with E-state index in [4.69, 9.17) is 0 Å². The van der Waals surface area contributed by atoms with E-state index in [9.17, 15) is 14.7 Å². The second-order valence-electron chi connectivity index (χ2n) is 5.06. The third-order valence-electron chi connectivity index (χ3n) is 3.56. The molecule has 0 saturated heterocycles. The van der Waals surface area contributed by atoms with Gasteiger partial charge in [-0.1, -0.05) is 0 Å². The Balaban J connectivity index is 1.87. The summed E-state index contributed by atoms with van der Waals surface area (Å²) < 4.78 is 1.14. The van der Waals surface area contributed by atoms with Crippen LogP contribution in [0.5, 0.6) is 0 Å². The molecule has 1 aliphatic rings. The summed E-state index contributed by atoms with van der Waals surface area (Å²) >= 11 is 0. The van der Waals surface area contributed by atoms with Crippen LogP contribution in [0.3, 0.4) is 0 Å². The fraction of sp³-hybridized carbons (Fsp3) is 0.615. The van der Waals surface area contributed by atoms with Gasteiger partial charge in [0.15, 0.2) is 0 Å². The molecule has 104 valence electrons. The van der Waals surface area contributed by atoms with E-state index in [0.717, 1.165) is 30.4 Å². The molecule has 6 heteroatoms. The van der Waals surface area contributed by atoms with Crippen LogP contribution in [0.2, 0.25) is 0 Å². The standard InChI is InChI=1S/C13H19N3O3/c1-16-12(18)7-6-11(15-16)13(19)14-8-9-2-4-10(17)5-3-9/h6-7,9-10,17H,2-5,8H2,1H3,(H,14,19). The molecule has 1 saturated carbocycles. The monoisotopic (exact) mass is 265 g/mol. The molecule has 1 aromatic heterocycles. The summed E-state index contributed by atoms with van der Waals surface area (Å²) in [5, 5.41) is 16.1. The number of carbonyl (C=O) groups excluding carboxylic acids is 1. The zero-order chi connectivity index (χ0) is 13.8. The molecular formula is C13H19N3O3. The number of hydrogen-bond donors (Lipinski definition) is 2. The summed E-state index contributed by atoms with van der Waals surface area (Å²) in [4.78, 5) is 23.1. The topological polar surface area (TPSA) is 84.2 Å². The fourth-order valence-electron chi connectivity index (χ4n) is 2.30. The van der Waals surface area contributed by atoms with E-state index in [0.29, 0.717) is 12.5 Å². The van der Waals surface area contributed by atoms with E-state index in [1.54, 1.807) is 0 Å². The SMILES string of the molecule is Cn1nc(C(=O)NCC2CCC(O)CC2)ccc1=O. The Bertz CT molecular complexity index is 504. The molecule has 0 aromatic carbocycles. The number of nitrogens with one attached hydrogen (secondary N) is 1. The number of hydrogen-bond acceptors (Lipinski definition) is 4. The van der Waals surface area contributed by atoms with Crippen LogP contribution in [0.15, 0.2) is 16.9 Å². The molecule has 1 heterocycles. The number of aromatic nitrogens is 2. The highest BCUT2D eigenvalue weighted by molar-refractivity contribution is 5.91. The molecule has 1 aliphatic carbocycles. The highest BCUT2D eigenvalue weighted by Gasteiger charge is 2.20. The van der Waals surface area contributed by atoms with E-state index >= 15 is 0 Å². The molecule has 0 aliphatic heterocycles. The lowest BCUT2D eigenvalue weighted by atomic mass is 9.87. The van der Waals surface area contributed by atoms with Crippen LogP contribution < -0.4 is 10.9 Å². The Labute approximate surface area is 111 Å². The van der Waals surface area contributed by atoms with E-state index in [-0.39, 0.29) is 23.3 Å². The average molecular weight is 265 g/mol. The van der Waals surface area contributed by atoms with Crippen molar-refractivity contribution in [1.29, 1.82) is 0 Å². The molecule has 0 radical (unpaired) electrons. The van der Waals surface area contributed by atoms with E-state index in [1.807, 2.05) is 0 Å². The lowest BCUT2D eigenvalue weighted by Gasteiger charge is -2.25. The van der Waals surface area contributed by atoms with Gasteiger partial charge >= 0.3 is 0 Å². The molecule has 1 amide bonds. The molecule has 1 aromatic rings. The molecular weight excluding hydrogens is 246 g/mol. The van der Waals surface area contributed by atoms with Gasteiger partial charge in [-0.2, -0.15) is 5.10 Å². The molecule has 1 fully saturated rings. The van der Waals surface area contributed by atoms with Crippen LogP contribution in [-0.2, 0) is 7.05 Å². The molecule has 6 nitrogen and oxygen atoms in total. The number of aliphatic hydroxyl groups excluding tert-OH is 1. The van der Waals surface area contributed by atoms with Gasteiger partial charge in [0.2, 0.25) is 0 Å². The van der Waals surface area contributed by atoms with Crippen molar-refractivity contribution in [3.8, 4) is 0 Å². The predicted octanol–water partition coefficient (Wildman–Crippen LogP) is 0.0612. The summed E-state index contributed by atoms with van der Waals surface area (Å²) in [6.45, 7) is 0.593. The molecule has 2 N–H and O–H groups in total. The minimum absolute atomic E-state index is 0.183. The predicted molar refractivity (Wildman–Crippen MR) is 69.8 cm³/mol. The largest absolute Gasteiger partial charge is 0.393 e. The minimum atomic E-state index is -0.262. The lowest BCUT2D eigenvalue weighted by molar-refractivity contribution is 0.0904. The summed E-state index contributed by atoms with van der Waals surface area (Å²) in [5.74, 6) is 0.154. The van der Waals surface area contributed by atoms with Crippen LogP contribution in [0.25, 0.3) is 0 Å². The van der Waals surface area contributed by atoms with Crippen molar-refractivity contribution in [2.24, 2.45) is 13.0 Å². The van der Waals surface area contributed by atoms with Gasteiger partial charge in [-0.25, -0.2) is 4.68 Å². The Morgan fingerprint density at radius 1 is 1.42 bits per heavy atom. The van der Waals surface area contributed by atoms with Crippen LogP contribution in [0, 0.1) is 5.92 Å². The summed E-state index contributed by atoms with van der Waals surface area (Å²) in [5.41, 5.74) is 0.00997. The first kappa shape index (κ1) is 13.7. The second-order valence-corrected chi connectivity index (χ2v) is 5.06. The lowest BCUT2D eigenvalue weighted by Crippen LogP contribution is -2.33. The van der Waals surface area contributed by atoms with Crippen molar-refractivity contribution in [2.45, 2.75) is 31.8 Å². The first-order valence-corrected chi connectivity index (χ1v) is 6.57.